The summed E-state index contributed by atoms with van der Waals surface area (Å²) in [5.74, 6) is -0.943. The molecule has 0 aliphatic carbocycles. The number of carboxylic acids is 1. The average molecular weight is 278 g/mol. The highest BCUT2D eigenvalue weighted by atomic mass is 16.4. The van der Waals surface area contributed by atoms with E-state index in [4.69, 9.17) is 10.8 Å². The zero-order chi connectivity index (χ0) is 15.0. The number of nitrogen functional groups attached to an aromatic ring is 1. The zero-order valence-corrected chi connectivity index (χ0v) is 12.6. The fourth-order valence-electron chi connectivity index (χ4n) is 2.28. The van der Waals surface area contributed by atoms with Crippen LogP contribution in [0.2, 0.25) is 0 Å². The van der Waals surface area contributed by atoms with Gasteiger partial charge in [0.05, 0.1) is 16.9 Å². The molecular weight excluding hydrogens is 252 g/mol. The minimum absolute atomic E-state index is 0.235. The third-order valence-corrected chi connectivity index (χ3v) is 3.53. The van der Waals surface area contributed by atoms with Gasteiger partial charge in [0.15, 0.2) is 0 Å². The number of nitrogens with two attached hydrogens (primary N) is 1. The number of unbranched alkanes of at least 4 members (excludes halogenated alkanes) is 5. The molecule has 4 heteroatoms. The van der Waals surface area contributed by atoms with Crippen molar-refractivity contribution in [2.75, 3.05) is 24.2 Å². The van der Waals surface area contributed by atoms with E-state index in [0.29, 0.717) is 5.69 Å². The van der Waals surface area contributed by atoms with Crippen molar-refractivity contribution in [1.29, 1.82) is 0 Å². The lowest BCUT2D eigenvalue weighted by Gasteiger charge is -2.21. The second-order valence-corrected chi connectivity index (χ2v) is 5.27. The standard InChI is InChI=1S/C16H26N2O2/c1-3-4-5-6-7-8-11-18(2)15-10-9-13(16(19)20)12-14(15)17/h9-10,12H,3-8,11,17H2,1-2H3,(H,19,20). The Labute approximate surface area is 121 Å². The summed E-state index contributed by atoms with van der Waals surface area (Å²) in [5.41, 5.74) is 7.59. The van der Waals surface area contributed by atoms with Crippen molar-refractivity contribution in [3.63, 3.8) is 0 Å². The minimum atomic E-state index is -0.943. The maximum absolute atomic E-state index is 10.9. The van der Waals surface area contributed by atoms with Crippen LogP contribution in [0, 0.1) is 0 Å². The molecule has 0 atom stereocenters. The van der Waals surface area contributed by atoms with E-state index in [1.54, 1.807) is 12.1 Å². The van der Waals surface area contributed by atoms with Gasteiger partial charge in [-0.3, -0.25) is 0 Å². The first kappa shape index (κ1) is 16.3. The van der Waals surface area contributed by atoms with Crippen LogP contribution in [-0.2, 0) is 0 Å². The third-order valence-electron chi connectivity index (χ3n) is 3.53. The summed E-state index contributed by atoms with van der Waals surface area (Å²) in [6.07, 6.45) is 7.56. The van der Waals surface area contributed by atoms with Crippen molar-refractivity contribution in [3.8, 4) is 0 Å². The average Bonchev–Trinajstić information content (AvgIpc) is 2.42. The molecule has 0 heterocycles. The van der Waals surface area contributed by atoms with Gasteiger partial charge in [0, 0.05) is 13.6 Å². The molecule has 0 aliphatic rings. The normalized spacial score (nSPS) is 10.5. The van der Waals surface area contributed by atoms with Crippen molar-refractivity contribution >= 4 is 17.3 Å². The van der Waals surface area contributed by atoms with E-state index >= 15 is 0 Å². The van der Waals surface area contributed by atoms with Crippen LogP contribution in [0.1, 0.15) is 55.8 Å². The SMILES string of the molecule is CCCCCCCCN(C)c1ccc(C(=O)O)cc1N. The molecule has 0 fully saturated rings. The van der Waals surface area contributed by atoms with Crippen LogP contribution in [0.3, 0.4) is 0 Å². The topological polar surface area (TPSA) is 66.6 Å². The van der Waals surface area contributed by atoms with Gasteiger partial charge in [-0.2, -0.15) is 0 Å². The van der Waals surface area contributed by atoms with Gasteiger partial charge in [-0.05, 0) is 24.6 Å². The second kappa shape index (κ2) is 8.46. The zero-order valence-electron chi connectivity index (χ0n) is 12.6. The number of carbonyl (C=O) groups is 1. The number of carboxylic acid groups (broad SMARTS) is 1. The Morgan fingerprint density at radius 1 is 1.20 bits per heavy atom. The summed E-state index contributed by atoms with van der Waals surface area (Å²) in [6.45, 7) is 3.17. The number of hydrogen-bond donors (Lipinski definition) is 2. The van der Waals surface area contributed by atoms with Crippen molar-refractivity contribution < 1.29 is 9.90 Å². The highest BCUT2D eigenvalue weighted by Gasteiger charge is 2.09. The smallest absolute Gasteiger partial charge is 0.335 e. The van der Waals surface area contributed by atoms with Crippen LogP contribution in [0.5, 0.6) is 0 Å². The van der Waals surface area contributed by atoms with Gasteiger partial charge in [-0.1, -0.05) is 39.0 Å². The molecule has 20 heavy (non-hydrogen) atoms. The molecule has 3 N–H and O–H groups in total. The Bertz CT molecular complexity index is 432. The van der Waals surface area contributed by atoms with Gasteiger partial charge in [0.2, 0.25) is 0 Å². The Hall–Kier alpha value is -1.71. The molecule has 0 unspecified atom stereocenters. The molecule has 0 amide bonds. The number of rotatable bonds is 9. The van der Waals surface area contributed by atoms with Gasteiger partial charge >= 0.3 is 5.97 Å². The molecule has 0 aliphatic heterocycles. The Morgan fingerprint density at radius 2 is 1.85 bits per heavy atom. The van der Waals surface area contributed by atoms with Crippen LogP contribution < -0.4 is 10.6 Å². The predicted molar refractivity (Wildman–Crippen MR) is 84.5 cm³/mol. The molecular formula is C16H26N2O2. The van der Waals surface area contributed by atoms with Crippen LogP contribution in [-0.4, -0.2) is 24.7 Å². The lowest BCUT2D eigenvalue weighted by Crippen LogP contribution is -2.20. The van der Waals surface area contributed by atoms with E-state index in [2.05, 4.69) is 11.8 Å². The fraction of sp³-hybridized carbons (Fsp3) is 0.562. The Morgan fingerprint density at radius 3 is 2.45 bits per heavy atom. The quantitative estimate of drug-likeness (QED) is 0.533. The molecule has 0 bridgehead atoms. The minimum Gasteiger partial charge on any atom is -0.478 e. The van der Waals surface area contributed by atoms with Crippen molar-refractivity contribution in [2.45, 2.75) is 45.4 Å². The van der Waals surface area contributed by atoms with E-state index in [0.717, 1.165) is 18.7 Å². The first-order valence-corrected chi connectivity index (χ1v) is 7.40. The van der Waals surface area contributed by atoms with E-state index < -0.39 is 5.97 Å². The van der Waals surface area contributed by atoms with E-state index in [9.17, 15) is 4.79 Å². The van der Waals surface area contributed by atoms with Gasteiger partial charge in [0.1, 0.15) is 0 Å². The highest BCUT2D eigenvalue weighted by Crippen LogP contribution is 2.23. The fourth-order valence-corrected chi connectivity index (χ4v) is 2.28. The van der Waals surface area contributed by atoms with E-state index in [1.807, 2.05) is 7.05 Å². The molecule has 0 radical (unpaired) electrons. The molecule has 1 aromatic rings. The number of nitrogens with zero attached hydrogens (tertiary/aromatic N) is 1. The van der Waals surface area contributed by atoms with E-state index in [1.165, 1.54) is 38.2 Å². The maximum atomic E-state index is 10.9. The van der Waals surface area contributed by atoms with Crippen molar-refractivity contribution in [2.24, 2.45) is 0 Å². The number of anilines is 2. The monoisotopic (exact) mass is 278 g/mol. The molecule has 1 aromatic carbocycles. The number of benzene rings is 1. The second-order valence-electron chi connectivity index (χ2n) is 5.27. The predicted octanol–water partition coefficient (Wildman–Crippen LogP) is 3.76. The van der Waals surface area contributed by atoms with Crippen molar-refractivity contribution in [3.05, 3.63) is 23.8 Å². The van der Waals surface area contributed by atoms with Crippen LogP contribution >= 0.6 is 0 Å². The van der Waals surface area contributed by atoms with Crippen LogP contribution in [0.25, 0.3) is 0 Å². The summed E-state index contributed by atoms with van der Waals surface area (Å²) in [5, 5.41) is 8.91. The van der Waals surface area contributed by atoms with E-state index in [-0.39, 0.29) is 5.56 Å². The lowest BCUT2D eigenvalue weighted by molar-refractivity contribution is 0.0697. The maximum Gasteiger partial charge on any atom is 0.335 e. The summed E-state index contributed by atoms with van der Waals surface area (Å²) in [6, 6.07) is 4.91. The highest BCUT2D eigenvalue weighted by molar-refractivity contribution is 5.90. The molecule has 4 nitrogen and oxygen atoms in total. The Kier molecular flexibility index (Phi) is 6.91. The van der Waals surface area contributed by atoms with Crippen molar-refractivity contribution in [1.82, 2.24) is 0 Å². The molecule has 0 saturated heterocycles. The Balaban J connectivity index is 2.43. The van der Waals surface area contributed by atoms with Crippen LogP contribution in [0.4, 0.5) is 11.4 Å². The number of aromatic carboxylic acids is 1. The molecule has 1 rings (SSSR count). The summed E-state index contributed by atoms with van der Waals surface area (Å²) >= 11 is 0. The molecule has 0 saturated carbocycles. The molecule has 112 valence electrons. The summed E-state index contributed by atoms with van der Waals surface area (Å²) in [7, 11) is 2.00. The van der Waals surface area contributed by atoms with Gasteiger partial charge in [-0.25, -0.2) is 4.79 Å². The number of hydrogen-bond acceptors (Lipinski definition) is 3. The molecule has 0 spiro atoms. The first-order valence-electron chi connectivity index (χ1n) is 7.40. The van der Waals surface area contributed by atoms with Gasteiger partial charge in [-0.15, -0.1) is 0 Å². The first-order chi connectivity index (χ1) is 9.56. The third kappa shape index (κ3) is 5.11. The molecule has 0 aromatic heterocycles. The summed E-state index contributed by atoms with van der Waals surface area (Å²) < 4.78 is 0. The largest absolute Gasteiger partial charge is 0.478 e. The van der Waals surface area contributed by atoms with Crippen LogP contribution in [0.15, 0.2) is 18.2 Å². The van der Waals surface area contributed by atoms with Gasteiger partial charge in [0.25, 0.3) is 0 Å². The summed E-state index contributed by atoms with van der Waals surface area (Å²) in [4.78, 5) is 13.0. The van der Waals surface area contributed by atoms with Gasteiger partial charge < -0.3 is 15.7 Å². The lowest BCUT2D eigenvalue weighted by atomic mass is 10.1.